The van der Waals surface area contributed by atoms with Gasteiger partial charge in [0.15, 0.2) is 5.75 Å². The standard InChI is InChI=1S/C19H19BrF3N3O5/c1-18(2,3)31-17(28)25-13-8-10(20)4-6-12(13)16(27)24-11-5-7-15(14(9-11)26-29)30-19(21,22)23/h4-9,26,29H,1-3H3,(H,24,27)(H,25,28). The van der Waals surface area contributed by atoms with Crippen molar-refractivity contribution in [2.75, 3.05) is 16.1 Å². The van der Waals surface area contributed by atoms with E-state index in [9.17, 15) is 22.8 Å². The summed E-state index contributed by atoms with van der Waals surface area (Å²) in [5.74, 6) is -1.36. The Hall–Kier alpha value is -2.99. The van der Waals surface area contributed by atoms with E-state index in [0.717, 1.165) is 18.2 Å². The monoisotopic (exact) mass is 505 g/mol. The van der Waals surface area contributed by atoms with Crippen LogP contribution in [0.5, 0.6) is 5.75 Å². The Balaban J connectivity index is 2.25. The molecule has 2 amide bonds. The van der Waals surface area contributed by atoms with Crippen LogP contribution in [-0.4, -0.2) is 29.2 Å². The lowest BCUT2D eigenvalue weighted by molar-refractivity contribution is -0.274. The molecule has 4 N–H and O–H groups in total. The Morgan fingerprint density at radius 1 is 1.00 bits per heavy atom. The summed E-state index contributed by atoms with van der Waals surface area (Å²) in [6.07, 6.45) is -5.74. The Kier molecular flexibility index (Phi) is 7.39. The molecule has 0 spiro atoms. The van der Waals surface area contributed by atoms with Crippen LogP contribution in [0.25, 0.3) is 0 Å². The van der Waals surface area contributed by atoms with Gasteiger partial charge in [-0.25, -0.2) is 4.79 Å². The van der Waals surface area contributed by atoms with Crippen LogP contribution in [0.4, 0.5) is 35.0 Å². The first-order valence-electron chi connectivity index (χ1n) is 8.68. The van der Waals surface area contributed by atoms with E-state index in [-0.39, 0.29) is 16.9 Å². The average molecular weight is 506 g/mol. The molecule has 0 saturated carbocycles. The van der Waals surface area contributed by atoms with Gasteiger partial charge in [0.1, 0.15) is 11.3 Å². The summed E-state index contributed by atoms with van der Waals surface area (Å²) in [5.41, 5.74) is 0.660. The minimum Gasteiger partial charge on any atom is -0.444 e. The summed E-state index contributed by atoms with van der Waals surface area (Å²) in [6, 6.07) is 7.59. The number of hydrogen-bond acceptors (Lipinski definition) is 6. The highest BCUT2D eigenvalue weighted by molar-refractivity contribution is 9.10. The Morgan fingerprint density at radius 2 is 1.68 bits per heavy atom. The van der Waals surface area contributed by atoms with Crippen molar-refractivity contribution in [3.8, 4) is 5.75 Å². The molecule has 2 aromatic rings. The van der Waals surface area contributed by atoms with Crippen molar-refractivity contribution >= 4 is 45.0 Å². The van der Waals surface area contributed by atoms with Gasteiger partial charge < -0.3 is 14.8 Å². The normalized spacial score (nSPS) is 11.5. The van der Waals surface area contributed by atoms with Crippen molar-refractivity contribution in [3.05, 3.63) is 46.4 Å². The topological polar surface area (TPSA) is 109 Å². The number of hydrogen-bond donors (Lipinski definition) is 4. The van der Waals surface area contributed by atoms with Crippen molar-refractivity contribution in [1.29, 1.82) is 0 Å². The molecule has 0 atom stereocenters. The van der Waals surface area contributed by atoms with Gasteiger partial charge in [-0.1, -0.05) is 15.9 Å². The SMILES string of the molecule is CC(C)(C)OC(=O)Nc1cc(Br)ccc1C(=O)Nc1ccc(OC(F)(F)F)c(NO)c1. The zero-order valence-electron chi connectivity index (χ0n) is 16.6. The summed E-state index contributed by atoms with van der Waals surface area (Å²) in [6.45, 7) is 5.04. The Bertz CT molecular complexity index is 977. The summed E-state index contributed by atoms with van der Waals surface area (Å²) in [4.78, 5) is 24.8. The molecule has 2 rings (SSSR count). The van der Waals surface area contributed by atoms with Crippen LogP contribution in [-0.2, 0) is 4.74 Å². The Morgan fingerprint density at radius 3 is 2.26 bits per heavy atom. The second-order valence-corrected chi connectivity index (χ2v) is 8.06. The molecule has 0 aliphatic heterocycles. The van der Waals surface area contributed by atoms with Crippen LogP contribution in [0.15, 0.2) is 40.9 Å². The molecule has 0 heterocycles. The number of carbonyl (C=O) groups is 2. The quantitative estimate of drug-likeness (QED) is 0.385. The molecule has 0 bridgehead atoms. The molecule has 2 aromatic carbocycles. The van der Waals surface area contributed by atoms with Gasteiger partial charge in [-0.3, -0.25) is 20.8 Å². The van der Waals surface area contributed by atoms with Crippen LogP contribution >= 0.6 is 15.9 Å². The first-order valence-corrected chi connectivity index (χ1v) is 9.47. The highest BCUT2D eigenvalue weighted by atomic mass is 79.9. The number of carbonyl (C=O) groups excluding carboxylic acids is 2. The number of nitrogens with one attached hydrogen (secondary N) is 3. The summed E-state index contributed by atoms with van der Waals surface area (Å²) < 4.78 is 46.8. The molecule has 0 saturated heterocycles. The van der Waals surface area contributed by atoms with E-state index in [1.54, 1.807) is 32.3 Å². The lowest BCUT2D eigenvalue weighted by Gasteiger charge is -2.20. The van der Waals surface area contributed by atoms with Crippen molar-refractivity contribution < 1.29 is 37.4 Å². The van der Waals surface area contributed by atoms with E-state index >= 15 is 0 Å². The number of benzene rings is 2. The fourth-order valence-electron chi connectivity index (χ4n) is 2.34. The number of ether oxygens (including phenoxy) is 2. The van der Waals surface area contributed by atoms with E-state index in [1.165, 1.54) is 12.1 Å². The van der Waals surface area contributed by atoms with Gasteiger partial charge in [0.2, 0.25) is 0 Å². The summed E-state index contributed by atoms with van der Waals surface area (Å²) in [7, 11) is 0. The molecule has 0 aromatic heterocycles. The maximum Gasteiger partial charge on any atom is 0.573 e. The van der Waals surface area contributed by atoms with Crippen molar-refractivity contribution in [1.82, 2.24) is 0 Å². The molecule has 0 radical (unpaired) electrons. The van der Waals surface area contributed by atoms with Gasteiger partial charge >= 0.3 is 12.5 Å². The smallest absolute Gasteiger partial charge is 0.444 e. The minimum atomic E-state index is -4.96. The molecule has 0 aliphatic carbocycles. The second-order valence-electron chi connectivity index (χ2n) is 7.14. The molecule has 8 nitrogen and oxygen atoms in total. The lowest BCUT2D eigenvalue weighted by Crippen LogP contribution is -2.28. The number of alkyl halides is 3. The van der Waals surface area contributed by atoms with Crippen LogP contribution in [0, 0.1) is 0 Å². The highest BCUT2D eigenvalue weighted by Crippen LogP contribution is 2.33. The minimum absolute atomic E-state index is 0.0576. The third kappa shape index (κ3) is 7.64. The molecule has 31 heavy (non-hydrogen) atoms. The first kappa shape index (κ1) is 24.3. The summed E-state index contributed by atoms with van der Waals surface area (Å²) >= 11 is 3.25. The van der Waals surface area contributed by atoms with Crippen molar-refractivity contribution in [3.63, 3.8) is 0 Å². The molecule has 0 unspecified atom stereocenters. The van der Waals surface area contributed by atoms with Gasteiger partial charge in [-0.15, -0.1) is 13.2 Å². The lowest BCUT2D eigenvalue weighted by atomic mass is 10.1. The maximum atomic E-state index is 12.7. The molecule has 168 valence electrons. The van der Waals surface area contributed by atoms with Gasteiger partial charge in [0, 0.05) is 10.2 Å². The molecule has 0 aliphatic rings. The van der Waals surface area contributed by atoms with E-state index in [1.807, 2.05) is 0 Å². The highest BCUT2D eigenvalue weighted by Gasteiger charge is 2.32. The number of amides is 2. The third-order valence-electron chi connectivity index (χ3n) is 3.45. The molecule has 12 heteroatoms. The van der Waals surface area contributed by atoms with Crippen molar-refractivity contribution in [2.24, 2.45) is 0 Å². The second kappa shape index (κ2) is 9.43. The van der Waals surface area contributed by atoms with Crippen LogP contribution in [0.2, 0.25) is 0 Å². The fourth-order valence-corrected chi connectivity index (χ4v) is 2.70. The zero-order chi connectivity index (χ0) is 23.4. The van der Waals surface area contributed by atoms with E-state index in [4.69, 9.17) is 9.94 Å². The maximum absolute atomic E-state index is 12.7. The molecule has 0 fully saturated rings. The third-order valence-corrected chi connectivity index (χ3v) is 3.94. The number of anilines is 3. The largest absolute Gasteiger partial charge is 0.573 e. The van der Waals surface area contributed by atoms with Gasteiger partial charge in [0.05, 0.1) is 11.3 Å². The van der Waals surface area contributed by atoms with Crippen molar-refractivity contribution in [2.45, 2.75) is 32.7 Å². The summed E-state index contributed by atoms with van der Waals surface area (Å²) in [5, 5.41) is 14.0. The average Bonchev–Trinajstić information content (AvgIpc) is 2.60. The van der Waals surface area contributed by atoms with E-state index in [2.05, 4.69) is 31.3 Å². The fraction of sp³-hybridized carbons (Fsp3) is 0.263. The van der Waals surface area contributed by atoms with Crippen LogP contribution in [0.3, 0.4) is 0 Å². The predicted octanol–water partition coefficient (Wildman–Crippen LogP) is 5.75. The molecular weight excluding hydrogens is 487 g/mol. The first-order chi connectivity index (χ1) is 14.3. The van der Waals surface area contributed by atoms with Gasteiger partial charge in [0.25, 0.3) is 5.91 Å². The molecular formula is C19H19BrF3N3O5. The Labute approximate surface area is 183 Å². The van der Waals surface area contributed by atoms with E-state index in [0.29, 0.717) is 4.47 Å². The van der Waals surface area contributed by atoms with Crippen LogP contribution < -0.4 is 20.9 Å². The zero-order valence-corrected chi connectivity index (χ0v) is 18.1. The van der Waals surface area contributed by atoms with Gasteiger partial charge in [-0.05, 0) is 57.2 Å². The van der Waals surface area contributed by atoms with Gasteiger partial charge in [-0.2, -0.15) is 0 Å². The number of halogens is 4. The number of rotatable bonds is 5. The predicted molar refractivity (Wildman–Crippen MR) is 110 cm³/mol. The van der Waals surface area contributed by atoms with Crippen LogP contribution in [0.1, 0.15) is 31.1 Å². The van der Waals surface area contributed by atoms with E-state index < -0.39 is 35.4 Å².